The third-order valence-corrected chi connectivity index (χ3v) is 4.80. The molecule has 6 nitrogen and oxygen atoms in total. The number of aryl methyl sites for hydroxylation is 1. The first kappa shape index (κ1) is 18.6. The van der Waals surface area contributed by atoms with Crippen molar-refractivity contribution in [1.82, 2.24) is 4.90 Å². The molecule has 1 aromatic carbocycles. The van der Waals surface area contributed by atoms with Crippen LogP contribution in [0.2, 0.25) is 0 Å². The number of likely N-dealkylation sites (N-methyl/N-ethyl adjacent to an activating group) is 1. The van der Waals surface area contributed by atoms with Crippen LogP contribution in [0.1, 0.15) is 35.3 Å². The molecule has 2 N–H and O–H groups in total. The van der Waals surface area contributed by atoms with Crippen molar-refractivity contribution in [2.24, 2.45) is 5.14 Å². The summed E-state index contributed by atoms with van der Waals surface area (Å²) in [6, 6.07) is 2.81. The van der Waals surface area contributed by atoms with Gasteiger partial charge in [-0.3, -0.25) is 4.79 Å². The summed E-state index contributed by atoms with van der Waals surface area (Å²) >= 11 is 0. The normalized spacial score (nSPS) is 12.3. The van der Waals surface area contributed by atoms with Crippen LogP contribution in [0.3, 0.4) is 0 Å². The number of carbonyl (C=O) groups excluding carboxylic acids is 1. The zero-order valence-electron chi connectivity index (χ0n) is 13.9. The van der Waals surface area contributed by atoms with Gasteiger partial charge in [-0.2, -0.15) is 0 Å². The van der Waals surface area contributed by atoms with E-state index in [1.165, 1.54) is 12.1 Å². The minimum Gasteiger partial charge on any atom is -0.382 e. The third kappa shape index (κ3) is 3.85. The Morgan fingerprint density at radius 1 is 1.32 bits per heavy atom. The van der Waals surface area contributed by atoms with E-state index in [0.717, 1.165) is 5.56 Å². The first-order valence-corrected chi connectivity index (χ1v) is 8.37. The Balaban J connectivity index is 3.37. The molecule has 1 aromatic rings. The van der Waals surface area contributed by atoms with Gasteiger partial charge in [0.05, 0.1) is 17.0 Å². The Hall–Kier alpha value is -1.44. The predicted octanol–water partition coefficient (Wildman–Crippen LogP) is 1.45. The molecule has 0 aliphatic heterocycles. The molecule has 0 aliphatic rings. The van der Waals surface area contributed by atoms with Crippen molar-refractivity contribution in [3.8, 4) is 0 Å². The highest BCUT2D eigenvalue weighted by Gasteiger charge is 2.30. The Labute approximate surface area is 132 Å². The molecule has 1 amide bonds. The van der Waals surface area contributed by atoms with Crippen molar-refractivity contribution in [2.75, 3.05) is 20.8 Å². The van der Waals surface area contributed by atoms with Crippen molar-refractivity contribution in [2.45, 2.75) is 38.1 Å². The maximum absolute atomic E-state index is 12.8. The number of amides is 1. The second-order valence-corrected chi connectivity index (χ2v) is 7.63. The number of ether oxygens (including phenoxy) is 1. The molecule has 0 saturated heterocycles. The van der Waals surface area contributed by atoms with Crippen LogP contribution < -0.4 is 5.14 Å². The molecule has 0 saturated carbocycles. The van der Waals surface area contributed by atoms with E-state index in [9.17, 15) is 13.2 Å². The van der Waals surface area contributed by atoms with E-state index >= 15 is 0 Å². The van der Waals surface area contributed by atoms with Crippen LogP contribution in [0.5, 0.6) is 0 Å². The van der Waals surface area contributed by atoms with Gasteiger partial charge < -0.3 is 9.64 Å². The molecule has 0 aromatic heterocycles. The van der Waals surface area contributed by atoms with E-state index in [-0.39, 0.29) is 10.8 Å². The van der Waals surface area contributed by atoms with Crippen LogP contribution in [0, 0.1) is 13.8 Å². The fourth-order valence-electron chi connectivity index (χ4n) is 2.12. The van der Waals surface area contributed by atoms with Crippen molar-refractivity contribution >= 4 is 15.9 Å². The second-order valence-electron chi connectivity index (χ2n) is 6.07. The lowest BCUT2D eigenvalue weighted by Crippen LogP contribution is -2.48. The summed E-state index contributed by atoms with van der Waals surface area (Å²) in [5, 5.41) is 5.18. The van der Waals surface area contributed by atoms with Gasteiger partial charge in [0.1, 0.15) is 0 Å². The molecule has 22 heavy (non-hydrogen) atoms. The number of nitrogens with two attached hydrogens (primary N) is 1. The van der Waals surface area contributed by atoms with E-state index in [1.807, 2.05) is 13.8 Å². The topological polar surface area (TPSA) is 89.7 Å². The number of nitrogens with zero attached hydrogens (tertiary/aromatic N) is 1. The fraction of sp³-hybridized carbons (Fsp3) is 0.533. The average Bonchev–Trinajstić information content (AvgIpc) is 2.38. The summed E-state index contributed by atoms with van der Waals surface area (Å²) in [5.41, 5.74) is 1.24. The number of sulfonamides is 1. The van der Waals surface area contributed by atoms with Crippen molar-refractivity contribution in [3.63, 3.8) is 0 Å². The summed E-state index contributed by atoms with van der Waals surface area (Å²) in [4.78, 5) is 14.2. The molecule has 0 fully saturated rings. The number of hydrogen-bond acceptors (Lipinski definition) is 4. The van der Waals surface area contributed by atoms with Crippen molar-refractivity contribution in [3.05, 3.63) is 28.8 Å². The van der Waals surface area contributed by atoms with Gasteiger partial charge in [0.25, 0.3) is 5.91 Å². The van der Waals surface area contributed by atoms with Gasteiger partial charge in [-0.15, -0.1) is 0 Å². The van der Waals surface area contributed by atoms with Crippen LogP contribution in [-0.2, 0) is 14.8 Å². The van der Waals surface area contributed by atoms with Gasteiger partial charge in [0, 0.05) is 19.7 Å². The zero-order chi connectivity index (χ0) is 17.3. The van der Waals surface area contributed by atoms with E-state index in [0.29, 0.717) is 17.7 Å². The maximum atomic E-state index is 12.8. The SMILES string of the molecule is COCC(C)(C)N(C)C(=O)c1cc(S(N)(=O)=O)cc(C)c1C. The minimum absolute atomic E-state index is 0.0584. The van der Waals surface area contributed by atoms with Crippen LogP contribution >= 0.6 is 0 Å². The highest BCUT2D eigenvalue weighted by Crippen LogP contribution is 2.23. The predicted molar refractivity (Wildman–Crippen MR) is 85.3 cm³/mol. The highest BCUT2D eigenvalue weighted by atomic mass is 32.2. The van der Waals surface area contributed by atoms with E-state index in [4.69, 9.17) is 9.88 Å². The number of methoxy groups -OCH3 is 1. The number of primary sulfonamides is 1. The van der Waals surface area contributed by atoms with Crippen LogP contribution in [0.25, 0.3) is 0 Å². The third-order valence-electron chi connectivity index (χ3n) is 3.91. The summed E-state index contributed by atoms with van der Waals surface area (Å²) in [6.45, 7) is 7.65. The molecule has 0 spiro atoms. The van der Waals surface area contributed by atoms with Crippen LogP contribution in [-0.4, -0.2) is 45.5 Å². The van der Waals surface area contributed by atoms with Gasteiger partial charge in [0.2, 0.25) is 10.0 Å². The smallest absolute Gasteiger partial charge is 0.254 e. The van der Waals surface area contributed by atoms with E-state index in [2.05, 4.69) is 0 Å². The maximum Gasteiger partial charge on any atom is 0.254 e. The van der Waals surface area contributed by atoms with E-state index < -0.39 is 15.6 Å². The molecule has 124 valence electrons. The highest BCUT2D eigenvalue weighted by molar-refractivity contribution is 7.89. The number of hydrogen-bond donors (Lipinski definition) is 1. The Kier molecular flexibility index (Phi) is 5.38. The number of rotatable bonds is 5. The number of carbonyl (C=O) groups is 1. The minimum atomic E-state index is -3.86. The lowest BCUT2D eigenvalue weighted by atomic mass is 9.99. The molecular formula is C15H24N2O4S. The van der Waals surface area contributed by atoms with Gasteiger partial charge in [-0.25, -0.2) is 13.6 Å². The molecule has 1 rings (SSSR count). The molecule has 0 aliphatic carbocycles. The summed E-state index contributed by atoms with van der Waals surface area (Å²) in [7, 11) is -0.632. The lowest BCUT2D eigenvalue weighted by Gasteiger charge is -2.35. The number of benzene rings is 1. The quantitative estimate of drug-likeness (QED) is 0.886. The summed E-state index contributed by atoms with van der Waals surface area (Å²) < 4.78 is 28.3. The second kappa shape index (κ2) is 6.36. The summed E-state index contributed by atoms with van der Waals surface area (Å²) in [5.74, 6) is -0.270. The molecule has 7 heteroatoms. The first-order chi connectivity index (χ1) is 9.91. The van der Waals surface area contributed by atoms with Gasteiger partial charge >= 0.3 is 0 Å². The van der Waals surface area contributed by atoms with Crippen LogP contribution in [0.15, 0.2) is 17.0 Å². The molecule has 0 bridgehead atoms. The average molecular weight is 328 g/mol. The van der Waals surface area contributed by atoms with Crippen LogP contribution in [0.4, 0.5) is 0 Å². The Bertz CT molecular complexity index is 681. The summed E-state index contributed by atoms with van der Waals surface area (Å²) in [6.07, 6.45) is 0. The van der Waals surface area contributed by atoms with Gasteiger partial charge in [-0.05, 0) is 51.0 Å². The molecule has 0 radical (unpaired) electrons. The zero-order valence-corrected chi connectivity index (χ0v) is 14.7. The monoisotopic (exact) mass is 328 g/mol. The molecule has 0 heterocycles. The van der Waals surface area contributed by atoms with E-state index in [1.54, 1.807) is 32.9 Å². The molecule has 0 unspecified atom stereocenters. The Morgan fingerprint density at radius 3 is 2.32 bits per heavy atom. The van der Waals surface area contributed by atoms with Gasteiger partial charge in [0.15, 0.2) is 0 Å². The Morgan fingerprint density at radius 2 is 1.86 bits per heavy atom. The van der Waals surface area contributed by atoms with Crippen molar-refractivity contribution < 1.29 is 17.9 Å². The first-order valence-electron chi connectivity index (χ1n) is 6.83. The van der Waals surface area contributed by atoms with Crippen molar-refractivity contribution in [1.29, 1.82) is 0 Å². The largest absolute Gasteiger partial charge is 0.382 e. The van der Waals surface area contributed by atoms with Gasteiger partial charge in [-0.1, -0.05) is 0 Å². The molecular weight excluding hydrogens is 304 g/mol. The standard InChI is InChI=1S/C15H24N2O4S/c1-10-7-12(22(16,19)20)8-13(11(10)2)14(18)17(5)15(3,4)9-21-6/h7-8H,9H2,1-6H3,(H2,16,19,20). The molecule has 0 atom stereocenters. The lowest BCUT2D eigenvalue weighted by molar-refractivity contribution is 0.0365. The fourth-order valence-corrected chi connectivity index (χ4v) is 2.74.